The molecule has 3 aromatic heterocycles. The van der Waals surface area contributed by atoms with Gasteiger partial charge in [0.25, 0.3) is 5.91 Å². The second-order valence-electron chi connectivity index (χ2n) is 37.0. The second-order valence-corrected chi connectivity index (χ2v) is 38.8. The number of ether oxygens (including phenoxy) is 5. The van der Waals surface area contributed by atoms with Gasteiger partial charge >= 0.3 is 40.2 Å². The van der Waals surface area contributed by atoms with Gasteiger partial charge in [-0.25, -0.2) is 28.7 Å². The minimum Gasteiger partial charge on any atom is -0.497 e. The average Bonchev–Trinajstić information content (AvgIpc) is 1.53. The summed E-state index contributed by atoms with van der Waals surface area (Å²) in [6.45, 7) is 11.4. The Bertz CT molecular complexity index is 5810. The van der Waals surface area contributed by atoms with E-state index in [2.05, 4.69) is 82.9 Å². The minimum absolute atomic E-state index is 0.0260. The molecule has 9 fully saturated rings. The van der Waals surface area contributed by atoms with Crippen molar-refractivity contribution in [2.45, 2.75) is 213 Å². The Morgan fingerprint density at radius 2 is 0.805 bits per heavy atom. The number of carboxylic acids is 2. The number of methoxy groups -OCH3 is 2. The summed E-state index contributed by atoms with van der Waals surface area (Å²) in [6, 6.07) is 37.8. The lowest BCUT2D eigenvalue weighted by molar-refractivity contribution is -0.0549. The van der Waals surface area contributed by atoms with E-state index >= 15 is 0 Å². The van der Waals surface area contributed by atoms with Gasteiger partial charge in [0, 0.05) is 146 Å². The van der Waals surface area contributed by atoms with Crippen LogP contribution in [0.25, 0.3) is 66.5 Å². The van der Waals surface area contributed by atoms with Crippen molar-refractivity contribution in [1.82, 2.24) is 53.4 Å². The molecule has 6 N–H and O–H groups in total. The number of rotatable bonds is 13. The molecule has 0 bridgehead atoms. The lowest BCUT2D eigenvalue weighted by Crippen LogP contribution is -2.55. The first-order valence-corrected chi connectivity index (χ1v) is 46.1. The van der Waals surface area contributed by atoms with Crippen LogP contribution in [0.3, 0.4) is 0 Å². The molecule has 0 spiro atoms. The molecular weight excluding hydrogens is 1580 g/mol. The lowest BCUT2D eigenvalue weighted by Gasteiger charge is -2.36. The number of carbonyl (C=O) groups excluding carboxylic acids is 4. The number of hydrogen-bond donors (Lipinski definition) is 6. The molecule has 6 aliphatic carbocycles. The zero-order chi connectivity index (χ0) is 85.1. The third-order valence-corrected chi connectivity index (χ3v) is 30.5. The fourth-order valence-electron chi connectivity index (χ4n) is 22.7. The summed E-state index contributed by atoms with van der Waals surface area (Å²) in [6.07, 6.45) is 20.1. The molecule has 0 radical (unpaired) electrons. The summed E-state index contributed by atoms with van der Waals surface area (Å²) >= 11 is 0. The van der Waals surface area contributed by atoms with Crippen LogP contribution in [0.15, 0.2) is 115 Å². The predicted octanol–water partition coefficient (Wildman–Crippen LogP) is 15.6. The van der Waals surface area contributed by atoms with Crippen LogP contribution in [0, 0.1) is 0 Å². The van der Waals surface area contributed by atoms with Crippen LogP contribution in [0.1, 0.15) is 229 Å². The van der Waals surface area contributed by atoms with E-state index in [1.165, 1.54) is 109 Å². The smallest absolute Gasteiger partial charge is 0.335 e. The molecule has 27 heteroatoms. The van der Waals surface area contributed by atoms with Crippen molar-refractivity contribution in [2.75, 3.05) is 94.0 Å². The number of aromatic nitrogens is 3. The Labute approximate surface area is 717 Å². The number of morpholine rings is 3. The number of carboxylic acid groups (broad SMARTS) is 2. The third kappa shape index (κ3) is 15.1. The fourth-order valence-corrected chi connectivity index (χ4v) is 23.3. The van der Waals surface area contributed by atoms with Crippen molar-refractivity contribution in [2.24, 2.45) is 0 Å². The van der Waals surface area contributed by atoms with Crippen molar-refractivity contribution < 1.29 is 71.1 Å². The number of nitrogens with one attached hydrogen (secondary N) is 4. The van der Waals surface area contributed by atoms with Crippen molar-refractivity contribution in [3.63, 3.8) is 0 Å². The van der Waals surface area contributed by atoms with Gasteiger partial charge in [-0.05, 0) is 196 Å². The van der Waals surface area contributed by atoms with Gasteiger partial charge in [0.15, 0.2) is 0 Å². The Balaban J connectivity index is 0.000000122. The average molecular weight is 1690 g/mol. The maximum Gasteiger partial charge on any atom is 0.335 e. The summed E-state index contributed by atoms with van der Waals surface area (Å²) in [7, 11) is 2.16. The Hall–Kier alpha value is -10.5. The highest BCUT2D eigenvalue weighted by Gasteiger charge is 2.62. The minimum atomic E-state index is -3.97. The molecule has 6 saturated carbocycles. The van der Waals surface area contributed by atoms with Gasteiger partial charge in [-0.3, -0.25) is 4.79 Å². The van der Waals surface area contributed by atoms with E-state index in [0.29, 0.717) is 109 Å². The molecular formula is C96H113N11O15S. The predicted molar refractivity (Wildman–Crippen MR) is 469 cm³/mol. The first-order chi connectivity index (χ1) is 59.4. The van der Waals surface area contributed by atoms with Gasteiger partial charge in [0.1, 0.15) is 11.5 Å². The van der Waals surface area contributed by atoms with Crippen molar-refractivity contribution in [3.05, 3.63) is 165 Å². The quantitative estimate of drug-likeness (QED) is 0.0625. The topological polar surface area (TPSA) is 299 Å². The van der Waals surface area contributed by atoms with Crippen molar-refractivity contribution in [1.29, 1.82) is 0 Å². The van der Waals surface area contributed by atoms with E-state index in [0.717, 1.165) is 136 Å². The molecule has 3 saturated heterocycles. The highest BCUT2D eigenvalue weighted by atomic mass is 32.2. The van der Waals surface area contributed by atoms with E-state index in [4.69, 9.17) is 23.7 Å². The molecule has 123 heavy (non-hydrogen) atoms. The normalized spacial score (nSPS) is 25.1. The molecule has 21 rings (SSSR count). The van der Waals surface area contributed by atoms with Gasteiger partial charge in [-0.15, -0.1) is 0 Å². The molecule has 9 heterocycles. The molecule has 648 valence electrons. The number of aromatic carboxylic acids is 2. The summed E-state index contributed by atoms with van der Waals surface area (Å²) in [4.78, 5) is 83.6. The van der Waals surface area contributed by atoms with Gasteiger partial charge in [-0.2, -0.15) is 12.7 Å². The number of nitrogens with zero attached hydrogens (tertiary/aromatic N) is 7. The lowest BCUT2D eigenvalue weighted by atomic mass is 9.81. The number of hydrogen-bond acceptors (Lipinski definition) is 13. The van der Waals surface area contributed by atoms with E-state index in [1.807, 2.05) is 77.1 Å². The molecule has 9 aromatic rings. The first kappa shape index (κ1) is 82.2. The molecule has 8 atom stereocenters. The molecule has 6 aliphatic heterocycles. The van der Waals surface area contributed by atoms with Crippen molar-refractivity contribution >= 4 is 78.9 Å². The monoisotopic (exact) mass is 1690 g/mol. The third-order valence-electron chi connectivity index (χ3n) is 29.1. The van der Waals surface area contributed by atoms with Crippen LogP contribution in [0.5, 0.6) is 11.5 Å². The number of amides is 7. The second kappa shape index (κ2) is 32.6. The van der Waals surface area contributed by atoms with E-state index in [-0.39, 0.29) is 64.7 Å². The molecule has 26 nitrogen and oxygen atoms in total. The van der Waals surface area contributed by atoms with Gasteiger partial charge in [-0.1, -0.05) is 100 Å². The highest BCUT2D eigenvalue weighted by molar-refractivity contribution is 7.87. The van der Waals surface area contributed by atoms with E-state index < -0.39 is 39.1 Å². The summed E-state index contributed by atoms with van der Waals surface area (Å²) in [5.74, 6) is 0.784. The molecule has 6 aromatic carbocycles. The van der Waals surface area contributed by atoms with Gasteiger partial charge < -0.3 is 78.2 Å². The van der Waals surface area contributed by atoms with Gasteiger partial charge in [0.05, 0.1) is 97.7 Å². The van der Waals surface area contributed by atoms with E-state index in [1.54, 1.807) is 32.4 Å². The first-order valence-electron chi connectivity index (χ1n) is 44.6. The zero-order valence-corrected chi connectivity index (χ0v) is 72.1. The zero-order valence-electron chi connectivity index (χ0n) is 71.2. The Kier molecular flexibility index (Phi) is 21.8. The van der Waals surface area contributed by atoms with Crippen LogP contribution >= 0.6 is 0 Å². The van der Waals surface area contributed by atoms with E-state index in [9.17, 15) is 47.4 Å². The van der Waals surface area contributed by atoms with Crippen molar-refractivity contribution in [3.8, 4) is 45.3 Å². The Morgan fingerprint density at radius 3 is 1.19 bits per heavy atom. The van der Waals surface area contributed by atoms with Crippen LogP contribution in [0.2, 0.25) is 0 Å². The molecule has 7 amide bonds. The van der Waals surface area contributed by atoms with Crippen LogP contribution in [-0.2, 0) is 44.1 Å². The summed E-state index contributed by atoms with van der Waals surface area (Å²) in [5.41, 5.74) is 17.0. The summed E-state index contributed by atoms with van der Waals surface area (Å²) < 4.78 is 63.4. The standard InChI is InChI=1S/C35H45N5O6S.C31H35N3O5.C30H33N3O4/c1-21-18-39(19-22(2)46-21)34(42)36-35-17-29(35)28-16-25(45-5)12-14-26(28)32-31(23-9-7-6-8-10-23)27-13-11-24(15-30(27)40(32)20-35)33(41)37-47(43,44)38(3)4;1-38-21-8-10-22-24(16-21)25-17-31(25,32-30(37)33-11-13-39-14-12-33)18-34-26-15-20(29(35)36)7-9-23(26)27(28(22)34)19-5-3-2-4-6-19;34-28(35)20-10-11-23-25(16-20)33-18-30(31-29(36)32-12-14-37-15-13-32)17-24(30)21-8-4-5-9-22(21)27(33)26(23)19-6-2-1-3-7-19/h11-16,21-23,29H,6-10,17-20H2,1-5H3,(H,36,42)(H,37,41);7-10,15-16,19,25H,2-6,11-14,17-18H2,1H3,(H,32,37)(H,35,36);4-5,8-11,16,19,24H,1-3,6-7,12-15,17-18H2,(H,31,36)(H,34,35)/t21-,22+,29?,35?;;. The van der Waals surface area contributed by atoms with Gasteiger partial charge in [0.2, 0.25) is 0 Å². The largest absolute Gasteiger partial charge is 0.497 e. The van der Waals surface area contributed by atoms with Crippen LogP contribution in [0.4, 0.5) is 14.4 Å². The molecule has 6 unspecified atom stereocenters. The SMILES string of the molecule is COc1ccc2c(c1)C1CC1(NC(=O)N1CCOCC1)Cn1c-2c(C2CCCCC2)c2ccc(C(=O)O)cc21.COc1ccc2c(c1)C1CC1(NC(=O)N1C[C@@H](C)O[C@@H](C)C1)Cn1c-2c(C2CCCCC2)c2ccc(C(=O)NS(=O)(=O)N(C)C)cc21.O=C(O)c1ccc2c(C3CCCCC3)c3n(c2c1)CC1(NC(=O)N2CCOCC2)CC1c1ccccc1-3. The number of benzene rings is 6. The highest BCUT2D eigenvalue weighted by Crippen LogP contribution is 2.64. The summed E-state index contributed by atoms with van der Waals surface area (Å²) in [5, 5.41) is 33.4. The number of fused-ring (bicyclic) bond motifs is 21. The number of urea groups is 3. The Morgan fingerprint density at radius 1 is 0.447 bits per heavy atom. The maximum atomic E-state index is 13.9. The molecule has 12 aliphatic rings. The maximum absolute atomic E-state index is 13.9. The fraction of sp³-hybridized carbons (Fsp3) is 0.500. The van der Waals surface area contributed by atoms with Crippen LogP contribution in [-0.4, -0.2) is 210 Å². The number of carbonyl (C=O) groups is 6. The van der Waals surface area contributed by atoms with Crippen LogP contribution < -0.4 is 30.1 Å².